The Kier molecular flexibility index (Phi) is 7.14. The van der Waals surface area contributed by atoms with Gasteiger partial charge < -0.3 is 10.1 Å². The van der Waals surface area contributed by atoms with Gasteiger partial charge in [0.25, 0.3) is 5.91 Å². The zero-order chi connectivity index (χ0) is 19.6. The van der Waals surface area contributed by atoms with E-state index >= 15 is 0 Å². The number of thiazole rings is 1. The molecule has 2 N–H and O–H groups in total. The number of carbonyl (C=O) groups is 2. The first-order chi connectivity index (χ1) is 13.7. The molecule has 0 aliphatic rings. The summed E-state index contributed by atoms with van der Waals surface area (Å²) in [6.45, 7) is 1.07. The summed E-state index contributed by atoms with van der Waals surface area (Å²) in [5, 5.41) is 7.86. The van der Waals surface area contributed by atoms with Crippen molar-refractivity contribution in [1.82, 2.24) is 10.3 Å². The number of nitrogens with one attached hydrogen (secondary N) is 2. The van der Waals surface area contributed by atoms with Gasteiger partial charge in [-0.05, 0) is 30.7 Å². The zero-order valence-corrected chi connectivity index (χ0v) is 16.1. The number of nitrogens with zero attached hydrogens (tertiary/aromatic N) is 1. The van der Waals surface area contributed by atoms with Crippen molar-refractivity contribution in [2.45, 2.75) is 12.8 Å². The minimum atomic E-state index is -0.218. The molecule has 0 bridgehead atoms. The van der Waals surface area contributed by atoms with Crippen LogP contribution in [0.3, 0.4) is 0 Å². The smallest absolute Gasteiger partial charge is 0.257 e. The van der Waals surface area contributed by atoms with Crippen LogP contribution in [-0.2, 0) is 11.2 Å². The Bertz CT molecular complexity index is 898. The number of ether oxygens (including phenoxy) is 1. The van der Waals surface area contributed by atoms with Gasteiger partial charge in [-0.15, -0.1) is 11.3 Å². The lowest BCUT2D eigenvalue weighted by molar-refractivity contribution is -0.120. The van der Waals surface area contributed by atoms with Crippen LogP contribution in [0.1, 0.15) is 22.5 Å². The van der Waals surface area contributed by atoms with Crippen molar-refractivity contribution in [3.8, 4) is 5.75 Å². The molecule has 0 saturated carbocycles. The normalized spacial score (nSPS) is 10.3. The maximum Gasteiger partial charge on any atom is 0.257 e. The van der Waals surface area contributed by atoms with Crippen LogP contribution in [-0.4, -0.2) is 29.9 Å². The summed E-state index contributed by atoms with van der Waals surface area (Å²) >= 11 is 1.30. The predicted octanol–water partition coefficient (Wildman–Crippen LogP) is 3.52. The Labute approximate surface area is 167 Å². The number of aromatic nitrogens is 1. The molecule has 2 amide bonds. The minimum absolute atomic E-state index is 0.106. The number of benzene rings is 2. The van der Waals surface area contributed by atoms with Crippen LogP contribution >= 0.6 is 11.3 Å². The summed E-state index contributed by atoms with van der Waals surface area (Å²) in [5.41, 5.74) is 1.20. The van der Waals surface area contributed by atoms with E-state index in [4.69, 9.17) is 4.74 Å². The van der Waals surface area contributed by atoms with E-state index in [9.17, 15) is 9.59 Å². The molecule has 0 unspecified atom stereocenters. The average molecular weight is 395 g/mol. The van der Waals surface area contributed by atoms with Crippen molar-refractivity contribution < 1.29 is 14.3 Å². The Morgan fingerprint density at radius 3 is 2.46 bits per heavy atom. The summed E-state index contributed by atoms with van der Waals surface area (Å²) in [4.78, 5) is 28.4. The number of hydrogen-bond donors (Lipinski definition) is 2. The summed E-state index contributed by atoms with van der Waals surface area (Å²) in [6.07, 6.45) is 0.896. The molecular formula is C21H21N3O3S. The van der Waals surface area contributed by atoms with Crippen LogP contribution in [0.25, 0.3) is 0 Å². The van der Waals surface area contributed by atoms with Gasteiger partial charge >= 0.3 is 0 Å². The first kappa shape index (κ1) is 19.6. The van der Waals surface area contributed by atoms with E-state index in [0.29, 0.717) is 29.5 Å². The van der Waals surface area contributed by atoms with Gasteiger partial charge in [0.1, 0.15) is 5.75 Å². The molecule has 3 aromatic rings. The van der Waals surface area contributed by atoms with E-state index < -0.39 is 0 Å². The molecule has 28 heavy (non-hydrogen) atoms. The summed E-state index contributed by atoms with van der Waals surface area (Å²) in [6, 6.07) is 18.5. The van der Waals surface area contributed by atoms with Crippen molar-refractivity contribution in [2.75, 3.05) is 18.5 Å². The highest BCUT2D eigenvalue weighted by Gasteiger charge is 2.11. The summed E-state index contributed by atoms with van der Waals surface area (Å²) < 4.78 is 5.58. The third-order valence-corrected chi connectivity index (χ3v) is 4.61. The molecule has 0 aliphatic carbocycles. The molecule has 0 spiro atoms. The highest BCUT2D eigenvalue weighted by Crippen LogP contribution is 2.17. The quantitative estimate of drug-likeness (QED) is 0.543. The fourth-order valence-electron chi connectivity index (χ4n) is 2.44. The van der Waals surface area contributed by atoms with Crippen molar-refractivity contribution in [1.29, 1.82) is 0 Å². The molecular weight excluding hydrogens is 374 g/mol. The van der Waals surface area contributed by atoms with Gasteiger partial charge in [0.15, 0.2) is 5.13 Å². The van der Waals surface area contributed by atoms with E-state index in [1.165, 1.54) is 11.3 Å². The number of anilines is 1. The second kappa shape index (κ2) is 10.2. The molecule has 6 nitrogen and oxygen atoms in total. The minimum Gasteiger partial charge on any atom is -0.494 e. The topological polar surface area (TPSA) is 80.3 Å². The molecule has 2 aromatic carbocycles. The van der Waals surface area contributed by atoms with Gasteiger partial charge in [-0.3, -0.25) is 14.9 Å². The largest absolute Gasteiger partial charge is 0.494 e. The summed E-state index contributed by atoms with van der Waals surface area (Å²) in [5.74, 6) is 0.497. The summed E-state index contributed by atoms with van der Waals surface area (Å²) in [7, 11) is 0. The Hall–Kier alpha value is -3.19. The maximum absolute atomic E-state index is 12.1. The monoisotopic (exact) mass is 395 g/mol. The molecule has 3 rings (SSSR count). The number of carbonyl (C=O) groups excluding carboxylic acids is 2. The molecule has 0 fully saturated rings. The van der Waals surface area contributed by atoms with E-state index in [0.717, 1.165) is 12.2 Å². The Balaban J connectivity index is 1.36. The molecule has 7 heteroatoms. The molecule has 0 radical (unpaired) electrons. The van der Waals surface area contributed by atoms with Gasteiger partial charge in [-0.2, -0.15) is 0 Å². The third kappa shape index (κ3) is 6.21. The lowest BCUT2D eigenvalue weighted by Crippen LogP contribution is -2.27. The number of hydrogen-bond acceptors (Lipinski definition) is 5. The van der Waals surface area contributed by atoms with Gasteiger partial charge in [-0.1, -0.05) is 36.4 Å². The first-order valence-corrected chi connectivity index (χ1v) is 9.84. The molecule has 0 atom stereocenters. The second-order valence-electron chi connectivity index (χ2n) is 6.01. The number of rotatable bonds is 9. The molecule has 1 aromatic heterocycles. The fraction of sp³-hybridized carbons (Fsp3) is 0.190. The number of para-hydroxylation sites is 1. The highest BCUT2D eigenvalue weighted by atomic mass is 32.1. The lowest BCUT2D eigenvalue weighted by atomic mass is 10.2. The Morgan fingerprint density at radius 2 is 1.71 bits per heavy atom. The SMILES string of the molecule is O=C(Cc1csc(NC(=O)c2ccccc2)n1)NCCCOc1ccccc1. The highest BCUT2D eigenvalue weighted by molar-refractivity contribution is 7.14. The number of amides is 2. The van der Waals surface area contributed by atoms with Gasteiger partial charge in [0.05, 0.1) is 18.7 Å². The van der Waals surface area contributed by atoms with Gasteiger partial charge in [0.2, 0.25) is 5.91 Å². The lowest BCUT2D eigenvalue weighted by Gasteiger charge is -2.06. The maximum atomic E-state index is 12.1. The first-order valence-electron chi connectivity index (χ1n) is 8.96. The molecule has 0 saturated heterocycles. The molecule has 144 valence electrons. The second-order valence-corrected chi connectivity index (χ2v) is 6.86. The van der Waals surface area contributed by atoms with Crippen LogP contribution in [0.15, 0.2) is 66.0 Å². The van der Waals surface area contributed by atoms with E-state index in [-0.39, 0.29) is 18.2 Å². The van der Waals surface area contributed by atoms with E-state index in [1.807, 2.05) is 36.4 Å². The fourth-order valence-corrected chi connectivity index (χ4v) is 3.14. The van der Waals surface area contributed by atoms with Crippen LogP contribution in [0.2, 0.25) is 0 Å². The van der Waals surface area contributed by atoms with Crippen LogP contribution < -0.4 is 15.4 Å². The predicted molar refractivity (Wildman–Crippen MR) is 110 cm³/mol. The third-order valence-electron chi connectivity index (χ3n) is 3.81. The van der Waals surface area contributed by atoms with Crippen LogP contribution in [0, 0.1) is 0 Å². The Morgan fingerprint density at radius 1 is 1.00 bits per heavy atom. The standard InChI is InChI=1S/C21H21N3O3S/c25-19(22-12-7-13-27-18-10-5-2-6-11-18)14-17-15-28-21(23-17)24-20(26)16-8-3-1-4-9-16/h1-6,8-11,15H,7,12-14H2,(H,22,25)(H,23,24,26). The van der Waals surface area contributed by atoms with E-state index in [1.54, 1.807) is 29.6 Å². The van der Waals surface area contributed by atoms with Crippen LogP contribution in [0.5, 0.6) is 5.75 Å². The van der Waals surface area contributed by atoms with Crippen LogP contribution in [0.4, 0.5) is 5.13 Å². The van der Waals surface area contributed by atoms with Crippen molar-refractivity contribution >= 4 is 28.3 Å². The van der Waals surface area contributed by atoms with Gasteiger partial charge in [0, 0.05) is 17.5 Å². The van der Waals surface area contributed by atoms with Crippen molar-refractivity contribution in [3.63, 3.8) is 0 Å². The molecule has 0 aliphatic heterocycles. The average Bonchev–Trinajstić information content (AvgIpc) is 3.15. The zero-order valence-electron chi connectivity index (χ0n) is 15.3. The molecule has 1 heterocycles. The van der Waals surface area contributed by atoms with Gasteiger partial charge in [-0.25, -0.2) is 4.98 Å². The van der Waals surface area contributed by atoms with Crippen molar-refractivity contribution in [2.24, 2.45) is 0 Å². The van der Waals surface area contributed by atoms with E-state index in [2.05, 4.69) is 15.6 Å². The van der Waals surface area contributed by atoms with Crippen molar-refractivity contribution in [3.05, 3.63) is 77.3 Å².